The molecule has 17 heavy (non-hydrogen) atoms. The van der Waals surface area contributed by atoms with E-state index in [1.54, 1.807) is 19.2 Å². The molecule has 0 fully saturated rings. The minimum absolute atomic E-state index is 0.244. The fourth-order valence-corrected chi connectivity index (χ4v) is 1.26. The molecule has 88 valence electrons. The van der Waals surface area contributed by atoms with Crippen molar-refractivity contribution < 1.29 is 4.79 Å². The zero-order chi connectivity index (χ0) is 12.7. The first-order valence-corrected chi connectivity index (χ1v) is 5.36. The van der Waals surface area contributed by atoms with Gasteiger partial charge in [-0.15, -0.1) is 0 Å². The van der Waals surface area contributed by atoms with Crippen molar-refractivity contribution in [1.82, 2.24) is 0 Å². The summed E-state index contributed by atoms with van der Waals surface area (Å²) in [6.45, 7) is 7.31. The lowest BCUT2D eigenvalue weighted by Crippen LogP contribution is -2.13. The second kappa shape index (κ2) is 6.43. The Morgan fingerprint density at radius 1 is 1.35 bits per heavy atom. The Balaban J connectivity index is 2.80. The highest BCUT2D eigenvalue weighted by Gasteiger charge is 2.06. The third-order valence-electron chi connectivity index (χ3n) is 2.09. The van der Waals surface area contributed by atoms with Crippen LogP contribution in [0.5, 0.6) is 0 Å². The van der Waals surface area contributed by atoms with E-state index in [-0.39, 0.29) is 5.91 Å². The summed E-state index contributed by atoms with van der Waals surface area (Å²) in [6, 6.07) is 7.59. The van der Waals surface area contributed by atoms with Gasteiger partial charge < -0.3 is 5.32 Å². The summed E-state index contributed by atoms with van der Waals surface area (Å²) in [4.78, 5) is 15.8. The van der Waals surface area contributed by atoms with E-state index in [1.807, 2.05) is 31.2 Å². The van der Waals surface area contributed by atoms with E-state index in [0.717, 1.165) is 11.3 Å². The van der Waals surface area contributed by atoms with E-state index in [4.69, 9.17) is 0 Å². The van der Waals surface area contributed by atoms with Gasteiger partial charge in [0.1, 0.15) is 5.70 Å². The summed E-state index contributed by atoms with van der Waals surface area (Å²) in [6.07, 6.45) is 4.69. The largest absolute Gasteiger partial charge is 0.321 e. The van der Waals surface area contributed by atoms with Crippen molar-refractivity contribution in [2.45, 2.75) is 13.8 Å². The first-order valence-electron chi connectivity index (χ1n) is 5.36. The molecular formula is C14H16N2O. The minimum Gasteiger partial charge on any atom is -0.321 e. The molecule has 0 saturated heterocycles. The van der Waals surface area contributed by atoms with Crippen LogP contribution in [0, 0.1) is 6.92 Å². The molecule has 0 saturated carbocycles. The molecule has 0 aromatic heterocycles. The SMILES string of the molecule is C=C/C=C(\N=CC)C(=O)Nc1ccc(C)cc1. The van der Waals surface area contributed by atoms with E-state index in [0.29, 0.717) is 5.70 Å². The number of anilines is 1. The highest BCUT2D eigenvalue weighted by Crippen LogP contribution is 2.10. The van der Waals surface area contributed by atoms with Crippen LogP contribution in [0.1, 0.15) is 12.5 Å². The number of rotatable bonds is 4. The molecule has 0 radical (unpaired) electrons. The maximum atomic E-state index is 11.8. The average Bonchev–Trinajstić information content (AvgIpc) is 2.32. The third kappa shape index (κ3) is 4.07. The van der Waals surface area contributed by atoms with E-state index >= 15 is 0 Å². The number of nitrogens with zero attached hydrogens (tertiary/aromatic N) is 1. The van der Waals surface area contributed by atoms with E-state index in [9.17, 15) is 4.79 Å². The van der Waals surface area contributed by atoms with Gasteiger partial charge in [0.15, 0.2) is 0 Å². The van der Waals surface area contributed by atoms with Gasteiger partial charge in [0.25, 0.3) is 5.91 Å². The van der Waals surface area contributed by atoms with Crippen molar-refractivity contribution >= 4 is 17.8 Å². The molecule has 3 heteroatoms. The monoisotopic (exact) mass is 228 g/mol. The van der Waals surface area contributed by atoms with Crippen LogP contribution in [-0.2, 0) is 4.79 Å². The Bertz CT molecular complexity index is 456. The number of aliphatic imine (C=N–C) groups is 1. The minimum atomic E-state index is -0.244. The maximum absolute atomic E-state index is 11.8. The summed E-state index contributed by atoms with van der Waals surface area (Å²) < 4.78 is 0. The lowest BCUT2D eigenvalue weighted by Gasteiger charge is -2.05. The van der Waals surface area contributed by atoms with Crippen LogP contribution in [0.4, 0.5) is 5.69 Å². The smallest absolute Gasteiger partial charge is 0.274 e. The maximum Gasteiger partial charge on any atom is 0.274 e. The highest BCUT2D eigenvalue weighted by atomic mass is 16.2. The number of nitrogens with one attached hydrogen (secondary N) is 1. The molecule has 0 aliphatic heterocycles. The van der Waals surface area contributed by atoms with E-state index < -0.39 is 0 Å². The first-order chi connectivity index (χ1) is 8.17. The molecule has 0 aliphatic carbocycles. The first kappa shape index (κ1) is 12.9. The summed E-state index contributed by atoms with van der Waals surface area (Å²) >= 11 is 0. The molecule has 0 unspecified atom stereocenters. The second-order valence-corrected chi connectivity index (χ2v) is 3.50. The van der Waals surface area contributed by atoms with Gasteiger partial charge in [0.05, 0.1) is 0 Å². The van der Waals surface area contributed by atoms with Gasteiger partial charge in [-0.25, -0.2) is 0 Å². The van der Waals surface area contributed by atoms with Crippen LogP contribution in [0.15, 0.2) is 53.7 Å². The fraction of sp³-hybridized carbons (Fsp3) is 0.143. The van der Waals surface area contributed by atoms with Crippen molar-refractivity contribution in [1.29, 1.82) is 0 Å². The summed E-state index contributed by atoms with van der Waals surface area (Å²) in [7, 11) is 0. The highest BCUT2D eigenvalue weighted by molar-refractivity contribution is 6.04. The van der Waals surface area contributed by atoms with Gasteiger partial charge in [-0.05, 0) is 32.1 Å². The molecule has 1 amide bonds. The zero-order valence-corrected chi connectivity index (χ0v) is 10.1. The Hall–Kier alpha value is -2.16. The number of hydrogen-bond acceptors (Lipinski definition) is 2. The molecule has 0 heterocycles. The Labute approximate surface area is 102 Å². The molecule has 1 rings (SSSR count). The zero-order valence-electron chi connectivity index (χ0n) is 10.1. The van der Waals surface area contributed by atoms with Crippen molar-refractivity contribution in [2.75, 3.05) is 5.32 Å². The third-order valence-corrected chi connectivity index (χ3v) is 2.09. The molecule has 1 N–H and O–H groups in total. The van der Waals surface area contributed by atoms with Crippen LogP contribution >= 0.6 is 0 Å². The number of hydrogen-bond donors (Lipinski definition) is 1. The van der Waals surface area contributed by atoms with Gasteiger partial charge in [0, 0.05) is 11.9 Å². The van der Waals surface area contributed by atoms with Crippen LogP contribution in [0.25, 0.3) is 0 Å². The van der Waals surface area contributed by atoms with Crippen LogP contribution in [0.2, 0.25) is 0 Å². The number of carbonyl (C=O) groups is 1. The van der Waals surface area contributed by atoms with Crippen molar-refractivity contribution in [3.05, 3.63) is 54.3 Å². The summed E-state index contributed by atoms with van der Waals surface area (Å²) in [5, 5.41) is 2.77. The number of amides is 1. The lowest BCUT2D eigenvalue weighted by atomic mass is 10.2. The van der Waals surface area contributed by atoms with Gasteiger partial charge in [-0.2, -0.15) is 0 Å². The average molecular weight is 228 g/mol. The summed E-state index contributed by atoms with van der Waals surface area (Å²) in [5.74, 6) is -0.244. The molecule has 0 spiro atoms. The lowest BCUT2D eigenvalue weighted by molar-refractivity contribution is -0.112. The predicted octanol–water partition coefficient (Wildman–Crippen LogP) is 3.09. The van der Waals surface area contributed by atoms with E-state index in [2.05, 4.69) is 16.9 Å². The number of aryl methyl sites for hydroxylation is 1. The van der Waals surface area contributed by atoms with Crippen molar-refractivity contribution in [3.8, 4) is 0 Å². The number of allylic oxidation sites excluding steroid dienone is 2. The molecule has 3 nitrogen and oxygen atoms in total. The Morgan fingerprint density at radius 3 is 2.53 bits per heavy atom. The Morgan fingerprint density at radius 2 is 2.00 bits per heavy atom. The Kier molecular flexibility index (Phi) is 4.88. The molecule has 1 aromatic carbocycles. The van der Waals surface area contributed by atoms with Crippen molar-refractivity contribution in [2.24, 2.45) is 4.99 Å². The molecular weight excluding hydrogens is 212 g/mol. The quantitative estimate of drug-likeness (QED) is 0.480. The fourth-order valence-electron chi connectivity index (χ4n) is 1.26. The normalized spacial score (nSPS) is 11.5. The standard InChI is InChI=1S/C14H16N2O/c1-4-6-13(15-5-2)14(17)16-12-9-7-11(3)8-10-12/h4-10H,1H2,2-3H3,(H,16,17)/b13-6-,15-5?. The second-order valence-electron chi connectivity index (χ2n) is 3.50. The molecule has 0 atom stereocenters. The van der Waals surface area contributed by atoms with Crippen molar-refractivity contribution in [3.63, 3.8) is 0 Å². The van der Waals surface area contributed by atoms with E-state index in [1.165, 1.54) is 6.08 Å². The van der Waals surface area contributed by atoms with Gasteiger partial charge >= 0.3 is 0 Å². The molecule has 0 aliphatic rings. The topological polar surface area (TPSA) is 41.5 Å². The number of benzene rings is 1. The molecule has 1 aromatic rings. The van der Waals surface area contributed by atoms with Gasteiger partial charge in [-0.3, -0.25) is 9.79 Å². The molecule has 0 bridgehead atoms. The van der Waals surface area contributed by atoms with Crippen LogP contribution < -0.4 is 5.32 Å². The van der Waals surface area contributed by atoms with Gasteiger partial charge in [0.2, 0.25) is 0 Å². The number of carbonyl (C=O) groups excluding carboxylic acids is 1. The van der Waals surface area contributed by atoms with Gasteiger partial charge in [-0.1, -0.05) is 30.4 Å². The van der Waals surface area contributed by atoms with Crippen LogP contribution in [0.3, 0.4) is 0 Å². The predicted molar refractivity (Wildman–Crippen MR) is 72.3 cm³/mol. The summed E-state index contributed by atoms with van der Waals surface area (Å²) in [5.41, 5.74) is 2.24. The van der Waals surface area contributed by atoms with Crippen LogP contribution in [-0.4, -0.2) is 12.1 Å².